The Morgan fingerprint density at radius 2 is 1.93 bits per heavy atom. The Labute approximate surface area is 169 Å². The number of carboxylic acid groups (broad SMARTS) is 1. The summed E-state index contributed by atoms with van der Waals surface area (Å²) in [4.78, 5) is 11.0. The number of aliphatic carboxylic acids is 1. The molecule has 3 N–H and O–H groups in total. The third-order valence-corrected chi connectivity index (χ3v) is 9.69. The number of carboxylic acids is 1. The second kappa shape index (κ2) is 7.12. The van der Waals surface area contributed by atoms with Gasteiger partial charge in [-0.1, -0.05) is 32.4 Å². The number of fused-ring (bicyclic) bond motifs is 5. The number of carbonyl (C=O) groups is 1. The van der Waals surface area contributed by atoms with Crippen molar-refractivity contribution in [2.75, 3.05) is 0 Å². The van der Waals surface area contributed by atoms with Crippen molar-refractivity contribution in [3.05, 3.63) is 11.6 Å². The summed E-state index contributed by atoms with van der Waals surface area (Å²) >= 11 is 0. The van der Waals surface area contributed by atoms with E-state index in [0.717, 1.165) is 32.1 Å². The highest BCUT2D eigenvalue weighted by atomic mass is 16.4. The molecule has 0 aromatic rings. The third kappa shape index (κ3) is 2.98. The average Bonchev–Trinajstić information content (AvgIpc) is 3.00. The van der Waals surface area contributed by atoms with Crippen LogP contribution in [0.3, 0.4) is 0 Å². The van der Waals surface area contributed by atoms with Gasteiger partial charge in [0.2, 0.25) is 0 Å². The van der Waals surface area contributed by atoms with Crippen molar-refractivity contribution in [3.8, 4) is 0 Å². The Morgan fingerprint density at radius 1 is 1.18 bits per heavy atom. The lowest BCUT2D eigenvalue weighted by atomic mass is 9.47. The van der Waals surface area contributed by atoms with Crippen LogP contribution < -0.4 is 0 Å². The van der Waals surface area contributed by atoms with Gasteiger partial charge >= 0.3 is 5.97 Å². The summed E-state index contributed by atoms with van der Waals surface area (Å²) in [5.74, 6) is 1.60. The zero-order chi connectivity index (χ0) is 20.3. The van der Waals surface area contributed by atoms with E-state index in [-0.39, 0.29) is 23.4 Å². The van der Waals surface area contributed by atoms with Gasteiger partial charge < -0.3 is 15.3 Å². The van der Waals surface area contributed by atoms with Crippen molar-refractivity contribution in [1.82, 2.24) is 0 Å². The third-order valence-electron chi connectivity index (χ3n) is 9.69. The van der Waals surface area contributed by atoms with Gasteiger partial charge in [0.15, 0.2) is 0 Å². The molecule has 0 heterocycles. The topological polar surface area (TPSA) is 77.8 Å². The van der Waals surface area contributed by atoms with Crippen LogP contribution in [-0.4, -0.2) is 33.5 Å². The van der Waals surface area contributed by atoms with Crippen molar-refractivity contribution in [2.24, 2.45) is 40.4 Å². The summed E-state index contributed by atoms with van der Waals surface area (Å²) in [5.41, 5.74) is 1.49. The maximum atomic E-state index is 11.4. The number of rotatable bonds is 4. The van der Waals surface area contributed by atoms with Gasteiger partial charge in [-0.2, -0.15) is 0 Å². The van der Waals surface area contributed by atoms with E-state index in [9.17, 15) is 15.0 Å². The average molecular weight is 391 g/mol. The maximum Gasteiger partial charge on any atom is 0.303 e. The molecule has 3 saturated carbocycles. The molecule has 28 heavy (non-hydrogen) atoms. The van der Waals surface area contributed by atoms with Crippen LogP contribution in [0.25, 0.3) is 0 Å². The molecule has 0 aromatic heterocycles. The first-order valence-electron chi connectivity index (χ1n) is 11.5. The van der Waals surface area contributed by atoms with Crippen molar-refractivity contribution in [1.29, 1.82) is 0 Å². The van der Waals surface area contributed by atoms with Crippen molar-refractivity contribution >= 4 is 5.97 Å². The lowest BCUT2D eigenvalue weighted by Crippen LogP contribution is -2.53. The van der Waals surface area contributed by atoms with Crippen LogP contribution in [0.1, 0.15) is 78.6 Å². The molecule has 4 aliphatic rings. The number of allylic oxidation sites excluding steroid dienone is 1. The highest BCUT2D eigenvalue weighted by Crippen LogP contribution is 2.66. The van der Waals surface area contributed by atoms with E-state index in [1.807, 2.05) is 0 Å². The normalized spacial score (nSPS) is 48.8. The molecule has 3 fully saturated rings. The molecule has 4 rings (SSSR count). The lowest BCUT2D eigenvalue weighted by Gasteiger charge is -2.58. The van der Waals surface area contributed by atoms with E-state index in [2.05, 4.69) is 26.8 Å². The number of hydrogen-bond donors (Lipinski definition) is 3. The first kappa shape index (κ1) is 20.4. The van der Waals surface area contributed by atoms with Gasteiger partial charge in [-0.3, -0.25) is 4.79 Å². The molecule has 0 aromatic carbocycles. The van der Waals surface area contributed by atoms with Crippen LogP contribution in [0, 0.1) is 40.4 Å². The zero-order valence-corrected chi connectivity index (χ0v) is 17.7. The Kier molecular flexibility index (Phi) is 5.19. The molecule has 9 atom stereocenters. The molecule has 0 spiro atoms. The summed E-state index contributed by atoms with van der Waals surface area (Å²) < 4.78 is 0. The second-order valence-electron chi connectivity index (χ2n) is 10.9. The van der Waals surface area contributed by atoms with E-state index in [1.165, 1.54) is 18.4 Å². The molecule has 0 bridgehead atoms. The summed E-state index contributed by atoms with van der Waals surface area (Å²) in [5, 5.41) is 30.7. The number of hydrogen-bond acceptors (Lipinski definition) is 3. The van der Waals surface area contributed by atoms with Gasteiger partial charge in [-0.25, -0.2) is 0 Å². The summed E-state index contributed by atoms with van der Waals surface area (Å²) in [6.07, 6.45) is 10.0. The Hall–Kier alpha value is -0.870. The molecular weight excluding hydrogens is 352 g/mol. The van der Waals surface area contributed by atoms with Crippen molar-refractivity contribution in [3.63, 3.8) is 0 Å². The lowest BCUT2D eigenvalue weighted by molar-refractivity contribution is -0.137. The minimum atomic E-state index is -0.719. The van der Waals surface area contributed by atoms with Crippen LogP contribution in [0.5, 0.6) is 0 Å². The monoisotopic (exact) mass is 390 g/mol. The van der Waals surface area contributed by atoms with E-state index < -0.39 is 12.1 Å². The summed E-state index contributed by atoms with van der Waals surface area (Å²) in [6.45, 7) is 6.86. The van der Waals surface area contributed by atoms with E-state index >= 15 is 0 Å². The molecule has 0 saturated heterocycles. The van der Waals surface area contributed by atoms with Crippen LogP contribution in [-0.2, 0) is 4.79 Å². The molecule has 0 amide bonds. The fourth-order valence-corrected chi connectivity index (χ4v) is 8.01. The van der Waals surface area contributed by atoms with Crippen LogP contribution >= 0.6 is 0 Å². The fourth-order valence-electron chi connectivity index (χ4n) is 8.01. The smallest absolute Gasteiger partial charge is 0.303 e. The molecule has 4 nitrogen and oxygen atoms in total. The van der Waals surface area contributed by atoms with Gasteiger partial charge in [0.05, 0.1) is 12.2 Å². The van der Waals surface area contributed by atoms with Gasteiger partial charge in [-0.05, 0) is 86.4 Å². The molecule has 0 radical (unpaired) electrons. The minimum Gasteiger partial charge on any atom is -0.481 e. The SMILES string of the molecule is CC(CCC(=O)O)C1CCC2C3CCC4CC(O)CC[C@]4(C)C3=CC(O)[C@]12C. The van der Waals surface area contributed by atoms with E-state index in [1.54, 1.807) is 0 Å². The van der Waals surface area contributed by atoms with Gasteiger partial charge in [0.1, 0.15) is 0 Å². The highest BCUT2D eigenvalue weighted by Gasteiger charge is 2.60. The summed E-state index contributed by atoms with van der Waals surface area (Å²) in [6, 6.07) is 0. The molecule has 0 aliphatic heterocycles. The largest absolute Gasteiger partial charge is 0.481 e. The Bertz CT molecular complexity index is 657. The molecule has 4 aliphatic carbocycles. The maximum absolute atomic E-state index is 11.4. The standard InChI is InChI=1S/C24H38O4/c1-14(4-9-22(27)28)18-7-8-19-17-6-5-15-12-16(25)10-11-23(15,2)20(17)13-21(26)24(18,19)3/h13-19,21,25-26H,4-12H2,1-3H3,(H,27,28)/t14?,15?,16?,17?,18?,19?,21?,23-,24+/m0/s1. The Balaban J connectivity index is 1.62. The van der Waals surface area contributed by atoms with E-state index in [0.29, 0.717) is 36.0 Å². The predicted octanol–water partition coefficient (Wildman–Crippen LogP) is 4.40. The van der Waals surface area contributed by atoms with Gasteiger partial charge in [-0.15, -0.1) is 0 Å². The molecule has 4 heteroatoms. The molecule has 7 unspecified atom stereocenters. The second-order valence-corrected chi connectivity index (χ2v) is 10.9. The first-order chi connectivity index (χ1) is 13.2. The van der Waals surface area contributed by atoms with Crippen LogP contribution in [0.15, 0.2) is 11.6 Å². The van der Waals surface area contributed by atoms with Gasteiger partial charge in [0, 0.05) is 11.8 Å². The van der Waals surface area contributed by atoms with E-state index in [4.69, 9.17) is 5.11 Å². The van der Waals surface area contributed by atoms with Gasteiger partial charge in [0.25, 0.3) is 0 Å². The first-order valence-corrected chi connectivity index (χ1v) is 11.5. The molecule has 158 valence electrons. The number of aliphatic hydroxyl groups excluding tert-OH is 2. The summed E-state index contributed by atoms with van der Waals surface area (Å²) in [7, 11) is 0. The minimum absolute atomic E-state index is 0.135. The fraction of sp³-hybridized carbons (Fsp3) is 0.875. The predicted molar refractivity (Wildman–Crippen MR) is 109 cm³/mol. The van der Waals surface area contributed by atoms with Crippen LogP contribution in [0.2, 0.25) is 0 Å². The Morgan fingerprint density at radius 3 is 2.64 bits per heavy atom. The van der Waals surface area contributed by atoms with Crippen molar-refractivity contribution in [2.45, 2.75) is 90.8 Å². The van der Waals surface area contributed by atoms with Crippen LogP contribution in [0.4, 0.5) is 0 Å². The van der Waals surface area contributed by atoms with Crippen molar-refractivity contribution < 1.29 is 20.1 Å². The highest BCUT2D eigenvalue weighted by molar-refractivity contribution is 5.66. The number of aliphatic hydroxyl groups is 2. The quantitative estimate of drug-likeness (QED) is 0.622. The zero-order valence-electron chi connectivity index (χ0n) is 17.7. The molecular formula is C24H38O4.